The van der Waals surface area contributed by atoms with Crippen molar-refractivity contribution in [3.63, 3.8) is 0 Å². The number of alkyl halides is 4. The molecule has 0 aromatic heterocycles. The maximum Gasteiger partial charge on any atom is 0.387 e. The van der Waals surface area contributed by atoms with Gasteiger partial charge in [-0.25, -0.2) is 8.78 Å². The van der Waals surface area contributed by atoms with E-state index in [1.165, 1.54) is 24.3 Å². The largest absolute Gasteiger partial charge is 0.435 e. The fourth-order valence-electron chi connectivity index (χ4n) is 1.85. The average molecular weight is 292 g/mol. The van der Waals surface area contributed by atoms with Gasteiger partial charge in [-0.05, 0) is 24.3 Å². The van der Waals surface area contributed by atoms with Crippen LogP contribution < -0.4 is 15.4 Å². The second-order valence-electron chi connectivity index (χ2n) is 4.39. The Labute approximate surface area is 112 Å². The number of carbonyl (C=O) groups excluding carboxylic acids is 1. The Balaban J connectivity index is 1.91. The van der Waals surface area contributed by atoms with Crippen molar-refractivity contribution in [2.45, 2.75) is 25.0 Å². The molecule has 1 saturated heterocycles. The van der Waals surface area contributed by atoms with Crippen LogP contribution in [0.15, 0.2) is 24.3 Å². The number of nitrogens with one attached hydrogen (secondary N) is 2. The number of ether oxygens (including phenoxy) is 1. The fourth-order valence-corrected chi connectivity index (χ4v) is 1.85. The van der Waals surface area contributed by atoms with Gasteiger partial charge in [-0.15, -0.1) is 0 Å². The third-order valence-electron chi connectivity index (χ3n) is 2.77. The zero-order valence-corrected chi connectivity index (χ0v) is 10.2. The van der Waals surface area contributed by atoms with Crippen molar-refractivity contribution in [2.75, 3.05) is 11.9 Å². The first-order valence-corrected chi connectivity index (χ1v) is 5.83. The summed E-state index contributed by atoms with van der Waals surface area (Å²) in [4.78, 5) is 11.7. The zero-order valence-electron chi connectivity index (χ0n) is 10.2. The highest BCUT2D eigenvalue weighted by atomic mass is 19.3. The van der Waals surface area contributed by atoms with E-state index in [4.69, 9.17) is 0 Å². The fraction of sp³-hybridized carbons (Fsp3) is 0.417. The number of benzene rings is 1. The molecule has 1 heterocycles. The van der Waals surface area contributed by atoms with E-state index >= 15 is 0 Å². The molecule has 20 heavy (non-hydrogen) atoms. The number of anilines is 1. The molecule has 0 bridgehead atoms. The molecule has 110 valence electrons. The summed E-state index contributed by atoms with van der Waals surface area (Å²) in [7, 11) is 0. The van der Waals surface area contributed by atoms with Crippen molar-refractivity contribution in [3.05, 3.63) is 24.3 Å². The molecule has 0 saturated carbocycles. The van der Waals surface area contributed by atoms with E-state index in [1.807, 2.05) is 0 Å². The summed E-state index contributed by atoms with van der Waals surface area (Å²) in [5.74, 6) is -3.54. The lowest BCUT2D eigenvalue weighted by Crippen LogP contribution is -2.35. The molecular weight excluding hydrogens is 280 g/mol. The summed E-state index contributed by atoms with van der Waals surface area (Å²) in [6.07, 6.45) is -0.564. The van der Waals surface area contributed by atoms with Crippen LogP contribution in [0.5, 0.6) is 5.75 Å². The van der Waals surface area contributed by atoms with E-state index < -0.39 is 37.4 Å². The van der Waals surface area contributed by atoms with Gasteiger partial charge >= 0.3 is 6.61 Å². The zero-order chi connectivity index (χ0) is 14.8. The normalized spacial score (nSPS) is 20.9. The van der Waals surface area contributed by atoms with Gasteiger partial charge in [0.1, 0.15) is 5.75 Å². The van der Waals surface area contributed by atoms with Crippen molar-refractivity contribution < 1.29 is 27.1 Å². The number of hydrogen-bond acceptors (Lipinski definition) is 3. The first kappa shape index (κ1) is 14.6. The topological polar surface area (TPSA) is 50.4 Å². The highest BCUT2D eigenvalue weighted by Gasteiger charge is 2.42. The van der Waals surface area contributed by atoms with Gasteiger partial charge < -0.3 is 10.1 Å². The van der Waals surface area contributed by atoms with Crippen molar-refractivity contribution in [1.29, 1.82) is 0 Å². The van der Waals surface area contributed by atoms with Crippen LogP contribution in [0.2, 0.25) is 0 Å². The first-order chi connectivity index (χ1) is 9.35. The maximum atomic E-state index is 12.9. The molecule has 2 N–H and O–H groups in total. The van der Waals surface area contributed by atoms with Crippen LogP contribution in [0.4, 0.5) is 23.2 Å². The molecule has 1 amide bonds. The van der Waals surface area contributed by atoms with E-state index in [1.54, 1.807) is 0 Å². The van der Waals surface area contributed by atoms with E-state index in [9.17, 15) is 22.4 Å². The van der Waals surface area contributed by atoms with E-state index in [2.05, 4.69) is 15.4 Å². The SMILES string of the molecule is O=C(Nc1ccc(OC(F)F)cc1)C1CC(F)(F)CN1. The van der Waals surface area contributed by atoms with Gasteiger partial charge in [-0.1, -0.05) is 0 Å². The van der Waals surface area contributed by atoms with Crippen LogP contribution in [0, 0.1) is 0 Å². The molecule has 1 atom stereocenters. The van der Waals surface area contributed by atoms with Gasteiger partial charge in [-0.2, -0.15) is 8.78 Å². The summed E-state index contributed by atoms with van der Waals surface area (Å²) in [6, 6.07) is 4.23. The Morgan fingerprint density at radius 2 is 2.00 bits per heavy atom. The van der Waals surface area contributed by atoms with Crippen molar-refractivity contribution >= 4 is 11.6 Å². The molecule has 1 unspecified atom stereocenters. The molecule has 0 spiro atoms. The summed E-state index contributed by atoms with van der Waals surface area (Å²) in [5.41, 5.74) is 0.314. The lowest BCUT2D eigenvalue weighted by atomic mass is 10.2. The molecule has 0 aliphatic carbocycles. The minimum absolute atomic E-state index is 0.0523. The molecule has 1 aliphatic rings. The van der Waals surface area contributed by atoms with Gasteiger partial charge in [0.15, 0.2) is 0 Å². The lowest BCUT2D eigenvalue weighted by Gasteiger charge is -2.11. The van der Waals surface area contributed by atoms with E-state index in [-0.39, 0.29) is 5.75 Å². The Kier molecular flexibility index (Phi) is 4.12. The third kappa shape index (κ3) is 3.83. The number of halogens is 4. The minimum atomic E-state index is -2.93. The summed E-state index contributed by atoms with van der Waals surface area (Å²) in [5, 5.41) is 4.84. The van der Waals surface area contributed by atoms with Crippen LogP contribution in [0.3, 0.4) is 0 Å². The lowest BCUT2D eigenvalue weighted by molar-refractivity contribution is -0.118. The summed E-state index contributed by atoms with van der Waals surface area (Å²) >= 11 is 0. The molecule has 0 radical (unpaired) electrons. The smallest absolute Gasteiger partial charge is 0.387 e. The summed E-state index contributed by atoms with van der Waals surface area (Å²) < 4.78 is 53.9. The molecule has 1 fully saturated rings. The van der Waals surface area contributed by atoms with Gasteiger partial charge in [-0.3, -0.25) is 10.1 Å². The molecule has 1 aromatic carbocycles. The molecule has 2 rings (SSSR count). The number of amides is 1. The Morgan fingerprint density at radius 3 is 2.50 bits per heavy atom. The van der Waals surface area contributed by atoms with Crippen LogP contribution in [0.1, 0.15) is 6.42 Å². The van der Waals surface area contributed by atoms with Crippen LogP contribution in [0.25, 0.3) is 0 Å². The van der Waals surface area contributed by atoms with Crippen LogP contribution in [-0.4, -0.2) is 31.0 Å². The van der Waals surface area contributed by atoms with Crippen molar-refractivity contribution in [3.8, 4) is 5.75 Å². The molecule has 4 nitrogen and oxygen atoms in total. The van der Waals surface area contributed by atoms with Gasteiger partial charge in [0.05, 0.1) is 12.6 Å². The highest BCUT2D eigenvalue weighted by molar-refractivity contribution is 5.95. The number of carbonyl (C=O) groups is 1. The average Bonchev–Trinajstić information content (AvgIpc) is 2.72. The Hall–Kier alpha value is -1.83. The predicted molar refractivity (Wildman–Crippen MR) is 63.1 cm³/mol. The second kappa shape index (κ2) is 5.66. The van der Waals surface area contributed by atoms with Crippen molar-refractivity contribution in [2.24, 2.45) is 0 Å². The second-order valence-corrected chi connectivity index (χ2v) is 4.39. The molecule has 1 aromatic rings. The highest BCUT2D eigenvalue weighted by Crippen LogP contribution is 2.26. The molecule has 1 aliphatic heterocycles. The predicted octanol–water partition coefficient (Wildman–Crippen LogP) is 2.22. The number of hydrogen-bond donors (Lipinski definition) is 2. The van der Waals surface area contributed by atoms with Crippen LogP contribution >= 0.6 is 0 Å². The monoisotopic (exact) mass is 292 g/mol. The molecule has 8 heteroatoms. The maximum absolute atomic E-state index is 12.9. The third-order valence-corrected chi connectivity index (χ3v) is 2.77. The van der Waals surface area contributed by atoms with Crippen LogP contribution in [-0.2, 0) is 4.79 Å². The Morgan fingerprint density at radius 1 is 1.35 bits per heavy atom. The van der Waals surface area contributed by atoms with Crippen molar-refractivity contribution in [1.82, 2.24) is 5.32 Å². The standard InChI is InChI=1S/C12H12F4N2O2/c13-11(14)20-8-3-1-7(2-4-8)18-10(19)9-5-12(15,16)6-17-9/h1-4,9,11,17H,5-6H2,(H,18,19). The van der Waals surface area contributed by atoms with E-state index in [0.717, 1.165) is 0 Å². The van der Waals surface area contributed by atoms with Gasteiger partial charge in [0, 0.05) is 12.1 Å². The van der Waals surface area contributed by atoms with Gasteiger partial charge in [0.2, 0.25) is 5.91 Å². The minimum Gasteiger partial charge on any atom is -0.435 e. The molecular formula is C12H12F4N2O2. The Bertz CT molecular complexity index is 479. The van der Waals surface area contributed by atoms with E-state index in [0.29, 0.717) is 5.69 Å². The van der Waals surface area contributed by atoms with Gasteiger partial charge in [0.25, 0.3) is 5.92 Å². The number of rotatable bonds is 4. The first-order valence-electron chi connectivity index (χ1n) is 5.83. The summed E-state index contributed by atoms with van der Waals surface area (Å²) in [6.45, 7) is -3.47. The quantitative estimate of drug-likeness (QED) is 0.837.